The molecule has 0 aliphatic carbocycles. The van der Waals surface area contributed by atoms with Gasteiger partial charge >= 0.3 is 40.9 Å². The van der Waals surface area contributed by atoms with E-state index in [1.165, 1.54) is 29.6 Å². The number of hydrogen-bond acceptors (Lipinski definition) is 28. The molecule has 0 radical (unpaired) electrons. The van der Waals surface area contributed by atoms with Crippen LogP contribution in [-0.4, -0.2) is 169 Å². The third kappa shape index (κ3) is 11.8. The molecule has 1 amide bonds. The number of hydrogen-bond donors (Lipinski definition) is 11. The number of ether oxygens (including phenoxy) is 5. The minimum absolute atomic E-state index is 0.00707. The highest BCUT2D eigenvalue weighted by Crippen LogP contribution is 2.68. The number of aliphatic hydroxyl groups is 3. The summed E-state index contributed by atoms with van der Waals surface area (Å²) in [5, 5.41) is 35.0. The standard InChI is InChI=1S/C34H47N13O25P4/c1-37-34(54)64-6-13-14(68-29(20(13)49)47-12-44(2)19-27(47)42-32(36)43-28(19)52)7-66-74(57,58)71-76(61,62)72-75(59,60)67-9-16-24(23(63-3)31(70-16)46-11-40-18-25(35)38-10-39-26(18)46)73(55,56)65-8-15-21(50)22(51)30(69-15)45-5-4-17(48)41-33(45)53/h4-5,10-16,20-24,29-31,49-51H,6-9H2,1-3H3,(H10-,35,36,37,38,39,41,42,43,48,52,53,54,55,56,57,58,59,60,61,62)/t13-,14-,15-,16-,20-,21-,22-,23-,24-,29-,30-,31-/m1/s1. The number of methoxy groups -OCH3 is 1. The Hall–Kier alpha value is -5.27. The predicted octanol–water partition coefficient (Wildman–Crippen LogP) is -4.83. The molecule has 0 spiro atoms. The van der Waals surface area contributed by atoms with E-state index in [4.69, 9.17) is 48.7 Å². The van der Waals surface area contributed by atoms with Gasteiger partial charge < -0.3 is 84.5 Å². The number of anilines is 2. The van der Waals surface area contributed by atoms with Gasteiger partial charge in [-0.3, -0.25) is 42.3 Å². The Kier molecular flexibility index (Phi) is 16.4. The lowest BCUT2D eigenvalue weighted by molar-refractivity contribution is -0.745. The van der Waals surface area contributed by atoms with Crippen molar-refractivity contribution in [3.8, 4) is 0 Å². The van der Waals surface area contributed by atoms with Crippen LogP contribution in [0.5, 0.6) is 0 Å². The Bertz CT molecular complexity index is 3370. The van der Waals surface area contributed by atoms with E-state index in [1.54, 1.807) is 0 Å². The summed E-state index contributed by atoms with van der Waals surface area (Å²) >= 11 is 0. The van der Waals surface area contributed by atoms with Gasteiger partial charge in [0.25, 0.3) is 17.1 Å². The van der Waals surface area contributed by atoms with Crippen LogP contribution in [-0.2, 0) is 71.2 Å². The summed E-state index contributed by atoms with van der Waals surface area (Å²) in [6, 6.07) is 0.909. The lowest BCUT2D eigenvalue weighted by Gasteiger charge is -2.35. The maximum absolute atomic E-state index is 14.2. The monoisotopic (exact) mass is 1160 g/mol. The minimum Gasteiger partial charge on any atom is -0.778 e. The largest absolute Gasteiger partial charge is 0.778 e. The van der Waals surface area contributed by atoms with E-state index in [-0.39, 0.29) is 34.1 Å². The third-order valence-corrected chi connectivity index (χ3v) is 18.0. The van der Waals surface area contributed by atoms with Gasteiger partial charge in [0.05, 0.1) is 57.0 Å². The number of nitrogens with two attached hydrogens (primary N) is 2. The summed E-state index contributed by atoms with van der Waals surface area (Å²) in [6.07, 6.45) is -13.7. The number of imidazole rings is 2. The van der Waals surface area contributed by atoms with Crippen molar-refractivity contribution in [1.82, 2.24) is 48.9 Å². The summed E-state index contributed by atoms with van der Waals surface area (Å²) in [6.45, 7) is -4.18. The molecule has 3 aliphatic rings. The van der Waals surface area contributed by atoms with Crippen molar-refractivity contribution in [2.75, 3.05) is 52.1 Å². The number of alkyl carbamates (subject to hydrolysis) is 1. The zero-order chi connectivity index (χ0) is 55.4. The van der Waals surface area contributed by atoms with Crippen LogP contribution >= 0.6 is 31.1 Å². The average Bonchev–Trinajstić information content (AvgIpc) is 4.14. The van der Waals surface area contributed by atoms with Crippen LogP contribution in [0.15, 0.2) is 45.6 Å². The first-order valence-electron chi connectivity index (χ1n) is 21.7. The first-order chi connectivity index (χ1) is 35.6. The van der Waals surface area contributed by atoms with Gasteiger partial charge in [-0.15, -0.1) is 0 Å². The van der Waals surface area contributed by atoms with Gasteiger partial charge in [-0.2, -0.15) is 8.62 Å². The van der Waals surface area contributed by atoms with Crippen molar-refractivity contribution in [1.29, 1.82) is 0 Å². The van der Waals surface area contributed by atoms with Gasteiger partial charge in [0.1, 0.15) is 56.6 Å². The molecule has 16 atom stereocenters. The van der Waals surface area contributed by atoms with E-state index >= 15 is 0 Å². The lowest BCUT2D eigenvalue weighted by Crippen LogP contribution is -2.45. The van der Waals surface area contributed by atoms with Crippen LogP contribution in [0, 0.1) is 5.92 Å². The highest BCUT2D eigenvalue weighted by molar-refractivity contribution is 7.66. The number of aryl methyl sites for hydroxylation is 1. The van der Waals surface area contributed by atoms with Crippen LogP contribution in [0.1, 0.15) is 18.7 Å². The summed E-state index contributed by atoms with van der Waals surface area (Å²) in [4.78, 5) is 115. The molecule has 418 valence electrons. The zero-order valence-electron chi connectivity index (χ0n) is 39.1. The summed E-state index contributed by atoms with van der Waals surface area (Å²) in [5.74, 6) is -1.75. The number of phosphoric acid groups is 3. The normalized spacial score (nSPS) is 30.0. The fourth-order valence-electron chi connectivity index (χ4n) is 8.51. The molecule has 4 unspecified atom stereocenters. The maximum atomic E-state index is 14.2. The lowest BCUT2D eigenvalue weighted by atomic mass is 9.99. The van der Waals surface area contributed by atoms with Crippen molar-refractivity contribution in [3.63, 3.8) is 0 Å². The van der Waals surface area contributed by atoms with E-state index in [1.807, 2.05) is 4.98 Å². The SMILES string of the molecule is CNC(=O)OC[C@H]1[C@@H](O)[C@H]([n+]2cn(C)c3c(=O)[nH]c(N)nc32)O[C@@H]1COP(=O)(O)OP(=O)(O)OP(=O)(O)OC[C@H]1O[C@@H](n2cnc3c(N)ncnc32)[C@H](OC)[C@@H]1P(=O)([O-])OC[C@H]1O[C@@H](n2ccc(=O)[nH]c2=O)[C@H](O)[C@@H]1O. The molecule has 0 bridgehead atoms. The van der Waals surface area contributed by atoms with Gasteiger partial charge in [0.2, 0.25) is 11.7 Å². The van der Waals surface area contributed by atoms with Gasteiger partial charge in [-0.1, -0.05) is 4.98 Å². The maximum Gasteiger partial charge on any atom is 0.490 e. The van der Waals surface area contributed by atoms with Crippen molar-refractivity contribution in [3.05, 3.63) is 62.4 Å². The number of carbonyl (C=O) groups is 1. The summed E-state index contributed by atoms with van der Waals surface area (Å²) in [7, 11) is -20.1. The van der Waals surface area contributed by atoms with E-state index in [9.17, 15) is 72.3 Å². The number of H-pyrrole nitrogens is 2. The topological polar surface area (TPSA) is 539 Å². The van der Waals surface area contributed by atoms with Crippen LogP contribution in [0.25, 0.3) is 22.3 Å². The predicted molar refractivity (Wildman–Crippen MR) is 242 cm³/mol. The first-order valence-corrected chi connectivity index (χ1v) is 27.8. The number of fused-ring (bicyclic) bond motifs is 2. The Morgan fingerprint density at radius 1 is 0.855 bits per heavy atom. The second-order valence-electron chi connectivity index (χ2n) is 16.7. The average molecular weight is 1160 g/mol. The molecule has 3 fully saturated rings. The number of aliphatic hydroxyl groups excluding tert-OH is 3. The Balaban J connectivity index is 0.965. The third-order valence-electron chi connectivity index (χ3n) is 11.9. The number of aromatic nitrogens is 10. The van der Waals surface area contributed by atoms with Crippen LogP contribution in [0.4, 0.5) is 16.6 Å². The Morgan fingerprint density at radius 3 is 2.17 bits per heavy atom. The van der Waals surface area contributed by atoms with Crippen molar-refractivity contribution in [2.45, 2.75) is 67.1 Å². The Labute approximate surface area is 422 Å². The van der Waals surface area contributed by atoms with Gasteiger partial charge in [0.15, 0.2) is 30.2 Å². The fourth-order valence-corrected chi connectivity index (χ4v) is 13.8. The number of rotatable bonds is 20. The van der Waals surface area contributed by atoms with Crippen molar-refractivity contribution >= 4 is 71.3 Å². The molecule has 8 heterocycles. The molecule has 5 aromatic heterocycles. The highest BCUT2D eigenvalue weighted by atomic mass is 31.3. The van der Waals surface area contributed by atoms with Crippen molar-refractivity contribution in [2.24, 2.45) is 13.0 Å². The van der Waals surface area contributed by atoms with Crippen LogP contribution in [0.2, 0.25) is 0 Å². The quantitative estimate of drug-likeness (QED) is 0.0257. The zero-order valence-corrected chi connectivity index (χ0v) is 42.7. The number of carbonyl (C=O) groups excluding carboxylic acids is 1. The molecule has 13 N–H and O–H groups in total. The van der Waals surface area contributed by atoms with Crippen LogP contribution < -0.4 is 43.1 Å². The van der Waals surface area contributed by atoms with Gasteiger partial charge in [-0.25, -0.2) is 42.8 Å². The number of phosphoric ester groups is 2. The molecular weight excluding hydrogens is 1110 g/mol. The molecule has 42 heteroatoms. The number of nitrogens with zero attached hydrogens (tertiary/aromatic N) is 8. The second kappa shape index (κ2) is 21.9. The van der Waals surface area contributed by atoms with E-state index in [2.05, 4.69) is 38.9 Å². The number of aromatic amines is 2. The highest BCUT2D eigenvalue weighted by Gasteiger charge is 2.55. The molecule has 0 aromatic carbocycles. The summed E-state index contributed by atoms with van der Waals surface area (Å²) < 4.78 is 110. The minimum atomic E-state index is -6.27. The summed E-state index contributed by atoms with van der Waals surface area (Å²) in [5.41, 5.74) is 6.84. The fraction of sp³-hybridized carbons (Fsp3) is 0.559. The van der Waals surface area contributed by atoms with Gasteiger partial charge in [-0.05, 0) is 0 Å². The molecular formula is C34H47N13O25P4. The number of amides is 1. The molecule has 38 nitrogen and oxygen atoms in total. The molecule has 5 aromatic rings. The van der Waals surface area contributed by atoms with Crippen molar-refractivity contribution < 1.29 is 108 Å². The Morgan fingerprint density at radius 2 is 1.51 bits per heavy atom. The molecule has 3 aliphatic heterocycles. The molecule has 3 saturated heterocycles. The first kappa shape index (κ1) is 56.9. The number of nitrogen functional groups attached to an aromatic ring is 2. The van der Waals surface area contributed by atoms with E-state index in [0.717, 1.165) is 36.6 Å². The van der Waals surface area contributed by atoms with Crippen LogP contribution in [0.3, 0.4) is 0 Å². The molecule has 76 heavy (non-hydrogen) atoms. The molecule has 0 saturated carbocycles. The number of nitrogens with one attached hydrogen (secondary N) is 3. The van der Waals surface area contributed by atoms with E-state index < -0.39 is 153 Å². The smallest absolute Gasteiger partial charge is 0.490 e. The molecule has 8 rings (SSSR count). The second-order valence-corrected chi connectivity index (χ2v) is 23.3. The van der Waals surface area contributed by atoms with E-state index in [0.29, 0.717) is 4.57 Å². The van der Waals surface area contributed by atoms with Gasteiger partial charge in [0, 0.05) is 26.4 Å².